The summed E-state index contributed by atoms with van der Waals surface area (Å²) in [6, 6.07) is 14.0. The first kappa shape index (κ1) is 23.8. The predicted molar refractivity (Wildman–Crippen MR) is 130 cm³/mol. The summed E-state index contributed by atoms with van der Waals surface area (Å²) >= 11 is 0. The Balaban J connectivity index is 1.95. The van der Waals surface area contributed by atoms with Gasteiger partial charge in [-0.25, -0.2) is 9.18 Å². The monoisotopic (exact) mass is 463 g/mol. The number of halogens is 1. The molecule has 1 unspecified atom stereocenters. The van der Waals surface area contributed by atoms with E-state index in [2.05, 4.69) is 12.2 Å². The highest BCUT2D eigenvalue weighted by Crippen LogP contribution is 2.26. The summed E-state index contributed by atoms with van der Waals surface area (Å²) in [5, 5.41) is 11.4. The van der Waals surface area contributed by atoms with Gasteiger partial charge in [0.25, 0.3) is 0 Å². The number of aromatic nitrogens is 1. The zero-order chi connectivity index (χ0) is 24.1. The maximum absolute atomic E-state index is 13.5. The van der Waals surface area contributed by atoms with Crippen LogP contribution in [0.5, 0.6) is 5.75 Å². The first-order valence-electron chi connectivity index (χ1n) is 11.8. The van der Waals surface area contributed by atoms with Gasteiger partial charge in [0.1, 0.15) is 17.3 Å². The minimum atomic E-state index is -0.400. The highest BCUT2D eigenvalue weighted by atomic mass is 19.1. The molecule has 1 aliphatic rings. The van der Waals surface area contributed by atoms with Crippen LogP contribution in [0.15, 0.2) is 48.5 Å². The molecule has 2 aromatic carbocycles. The van der Waals surface area contributed by atoms with Gasteiger partial charge in [-0.2, -0.15) is 0 Å². The summed E-state index contributed by atoms with van der Waals surface area (Å²) in [7, 11) is 0. The van der Waals surface area contributed by atoms with E-state index in [9.17, 15) is 14.3 Å². The minimum Gasteiger partial charge on any atom is -0.494 e. The molecule has 1 heterocycles. The van der Waals surface area contributed by atoms with E-state index in [-0.39, 0.29) is 24.9 Å². The van der Waals surface area contributed by atoms with Crippen molar-refractivity contribution in [3.05, 3.63) is 76.2 Å². The van der Waals surface area contributed by atoms with E-state index in [1.54, 1.807) is 19.1 Å². The number of hydrogen-bond acceptors (Lipinski definition) is 4. The van der Waals surface area contributed by atoms with Crippen LogP contribution in [-0.4, -0.2) is 35.5 Å². The normalized spacial score (nSPS) is 14.6. The van der Waals surface area contributed by atoms with Gasteiger partial charge in [-0.3, -0.25) is 0 Å². The van der Waals surface area contributed by atoms with Gasteiger partial charge in [0.2, 0.25) is 0 Å². The molecule has 5 nitrogen and oxygen atoms in total. The molecule has 1 aliphatic carbocycles. The second-order valence-corrected chi connectivity index (χ2v) is 8.29. The van der Waals surface area contributed by atoms with Crippen LogP contribution in [-0.2, 0) is 11.3 Å². The van der Waals surface area contributed by atoms with E-state index in [4.69, 9.17) is 9.47 Å². The van der Waals surface area contributed by atoms with Crippen molar-refractivity contribution in [2.75, 3.05) is 19.8 Å². The third-order valence-electron chi connectivity index (χ3n) is 6.04. The topological polar surface area (TPSA) is 60.7 Å². The average Bonchev–Trinajstić information content (AvgIpc) is 3.15. The van der Waals surface area contributed by atoms with Gasteiger partial charge in [0.15, 0.2) is 0 Å². The number of hydrogen-bond donors (Lipinski definition) is 1. The summed E-state index contributed by atoms with van der Waals surface area (Å²) < 4.78 is 26.6. The number of benzene rings is 2. The van der Waals surface area contributed by atoms with Crippen LogP contribution in [0.25, 0.3) is 23.3 Å². The zero-order valence-corrected chi connectivity index (χ0v) is 19.6. The Hall–Kier alpha value is -3.38. The molecule has 178 valence electrons. The van der Waals surface area contributed by atoms with Crippen molar-refractivity contribution in [1.82, 2.24) is 4.57 Å². The lowest BCUT2D eigenvalue weighted by Gasteiger charge is -2.13. The number of rotatable bonds is 9. The Morgan fingerprint density at radius 2 is 1.82 bits per heavy atom. The number of fused-ring (bicyclic) bond motifs is 1. The number of carbonyl (C=O) groups is 1. The third-order valence-corrected chi connectivity index (χ3v) is 6.04. The molecule has 6 heteroatoms. The molecule has 3 aromatic rings. The van der Waals surface area contributed by atoms with Gasteiger partial charge < -0.3 is 19.1 Å². The number of carbonyl (C=O) groups excluding carboxylic acids is 1. The van der Waals surface area contributed by atoms with E-state index in [1.165, 1.54) is 12.1 Å². The first-order valence-corrected chi connectivity index (χ1v) is 11.8. The van der Waals surface area contributed by atoms with E-state index in [0.29, 0.717) is 25.3 Å². The number of nitrogens with zero attached hydrogens (tertiary/aromatic N) is 1. The van der Waals surface area contributed by atoms with Gasteiger partial charge in [-0.15, -0.1) is 0 Å². The smallest absolute Gasteiger partial charge is 0.355 e. The van der Waals surface area contributed by atoms with Gasteiger partial charge >= 0.3 is 5.97 Å². The second-order valence-electron chi connectivity index (χ2n) is 8.29. The van der Waals surface area contributed by atoms with Gasteiger partial charge in [0, 0.05) is 29.3 Å². The fourth-order valence-corrected chi connectivity index (χ4v) is 4.50. The Morgan fingerprint density at radius 1 is 1.09 bits per heavy atom. The zero-order valence-electron chi connectivity index (χ0n) is 19.6. The van der Waals surface area contributed by atoms with Crippen LogP contribution in [0.3, 0.4) is 0 Å². The molecule has 1 N–H and O–H groups in total. The van der Waals surface area contributed by atoms with Gasteiger partial charge in [-0.05, 0) is 68.0 Å². The van der Waals surface area contributed by atoms with Crippen LogP contribution in [0, 0.1) is 11.7 Å². The van der Waals surface area contributed by atoms with Crippen molar-refractivity contribution in [1.29, 1.82) is 0 Å². The maximum Gasteiger partial charge on any atom is 0.355 e. The Bertz CT molecular complexity index is 1260. The highest BCUT2D eigenvalue weighted by Gasteiger charge is 2.26. The lowest BCUT2D eigenvalue weighted by atomic mass is 9.94. The molecule has 34 heavy (non-hydrogen) atoms. The largest absolute Gasteiger partial charge is 0.494 e. The molecule has 0 radical (unpaired) electrons. The van der Waals surface area contributed by atoms with E-state index >= 15 is 0 Å². The summed E-state index contributed by atoms with van der Waals surface area (Å²) in [6.07, 6.45) is 5.70. The molecule has 0 fully saturated rings. The van der Waals surface area contributed by atoms with E-state index in [1.807, 2.05) is 35.8 Å². The predicted octanol–water partition coefficient (Wildman–Crippen LogP) is 3.88. The second kappa shape index (κ2) is 10.7. The first-order chi connectivity index (χ1) is 16.5. The van der Waals surface area contributed by atoms with Crippen molar-refractivity contribution in [2.45, 2.75) is 33.2 Å². The fourth-order valence-electron chi connectivity index (χ4n) is 4.50. The Labute approximate surface area is 198 Å². The summed E-state index contributed by atoms with van der Waals surface area (Å²) in [5.41, 5.74) is 3.04. The molecule has 1 aromatic heterocycles. The van der Waals surface area contributed by atoms with Crippen molar-refractivity contribution >= 4 is 18.1 Å². The fraction of sp³-hybridized carbons (Fsp3) is 0.321. The lowest BCUT2D eigenvalue weighted by molar-refractivity contribution is 0.0515. The Kier molecular flexibility index (Phi) is 7.48. The lowest BCUT2D eigenvalue weighted by Crippen LogP contribution is -2.34. The van der Waals surface area contributed by atoms with Crippen LogP contribution in [0.4, 0.5) is 4.39 Å². The van der Waals surface area contributed by atoms with Gasteiger partial charge in [0.05, 0.1) is 13.2 Å². The quantitative estimate of drug-likeness (QED) is 0.490. The number of esters is 1. The van der Waals surface area contributed by atoms with Crippen molar-refractivity contribution in [3.8, 4) is 16.9 Å². The number of ether oxygens (including phenoxy) is 2. The molecular weight excluding hydrogens is 433 g/mol. The van der Waals surface area contributed by atoms with E-state index in [0.717, 1.165) is 39.4 Å². The molecule has 1 atom stereocenters. The summed E-state index contributed by atoms with van der Waals surface area (Å²) in [5.74, 6) is 0.238. The summed E-state index contributed by atoms with van der Waals surface area (Å²) in [6.45, 7) is 5.06. The summed E-state index contributed by atoms with van der Waals surface area (Å²) in [4.78, 5) is 13.3. The Morgan fingerprint density at radius 3 is 2.47 bits per heavy atom. The highest BCUT2D eigenvalue weighted by molar-refractivity contribution is 5.96. The van der Waals surface area contributed by atoms with Crippen LogP contribution in [0.1, 0.15) is 42.7 Å². The van der Waals surface area contributed by atoms with Crippen LogP contribution >= 0.6 is 0 Å². The maximum atomic E-state index is 13.5. The van der Waals surface area contributed by atoms with E-state index < -0.39 is 5.97 Å². The molecule has 4 rings (SSSR count). The van der Waals surface area contributed by atoms with Crippen LogP contribution < -0.4 is 15.3 Å². The number of aliphatic hydroxyl groups excluding tert-OH is 1. The molecule has 0 saturated heterocycles. The van der Waals surface area contributed by atoms with Crippen molar-refractivity contribution in [3.63, 3.8) is 0 Å². The van der Waals surface area contributed by atoms with Crippen molar-refractivity contribution in [2.24, 2.45) is 5.92 Å². The average molecular weight is 464 g/mol. The molecule has 0 amide bonds. The SMILES string of the molecule is CCOC(=O)c1c(-c2ccc(OCC)cc2)c2c(n1Cc1ccc(F)cc1)=CCC(CCO)C=2. The van der Waals surface area contributed by atoms with Crippen LogP contribution in [0.2, 0.25) is 0 Å². The molecule has 0 spiro atoms. The van der Waals surface area contributed by atoms with Crippen molar-refractivity contribution < 1.29 is 23.8 Å². The standard InChI is InChI=1S/C28H30FNO4/c1-3-33-23-12-8-21(9-13-23)26-24-17-19(15-16-31)7-14-25(24)30(27(26)28(32)34-4-2)18-20-5-10-22(29)11-6-20/h5-6,8-14,17,19,31H,3-4,7,15-16,18H2,1-2H3. The van der Waals surface area contributed by atoms with Gasteiger partial charge in [-0.1, -0.05) is 36.4 Å². The molecule has 0 bridgehead atoms. The minimum absolute atomic E-state index is 0.101. The third kappa shape index (κ3) is 4.92. The molecule has 0 aliphatic heterocycles. The molecular formula is C28H30FNO4. The number of aliphatic hydroxyl groups is 1. The molecule has 0 saturated carbocycles.